The largest absolute Gasteiger partial charge is 0.369 e. The molecule has 0 aromatic carbocycles. The lowest BCUT2D eigenvalue weighted by molar-refractivity contribution is -0.121. The van der Waals surface area contributed by atoms with Crippen molar-refractivity contribution in [3.8, 4) is 5.69 Å². The summed E-state index contributed by atoms with van der Waals surface area (Å²) in [6, 6.07) is 6.27. The lowest BCUT2D eigenvalue weighted by atomic mass is 10.1. The molecule has 2 atom stereocenters. The number of aryl methyl sites for hydroxylation is 1. The van der Waals surface area contributed by atoms with Gasteiger partial charge in [-0.25, -0.2) is 4.98 Å². The number of primary amides is 1. The fraction of sp³-hybridized carbons (Fsp3) is 0.316. The molecule has 0 spiro atoms. The molecule has 0 bridgehead atoms. The van der Waals surface area contributed by atoms with E-state index in [0.29, 0.717) is 23.5 Å². The zero-order chi connectivity index (χ0) is 19.3. The topological polar surface area (TPSA) is 116 Å². The molecule has 9 heteroatoms. The fourth-order valence-corrected chi connectivity index (χ4v) is 3.90. The van der Waals surface area contributed by atoms with Crippen LogP contribution in [0.5, 0.6) is 0 Å². The van der Waals surface area contributed by atoms with E-state index in [1.165, 1.54) is 5.56 Å². The van der Waals surface area contributed by atoms with Crippen LogP contribution < -0.4 is 11.1 Å². The van der Waals surface area contributed by atoms with Gasteiger partial charge in [-0.2, -0.15) is 9.67 Å². The second-order valence-corrected chi connectivity index (χ2v) is 7.39. The van der Waals surface area contributed by atoms with Crippen LogP contribution in [0, 0.1) is 12.8 Å². The third-order valence-corrected chi connectivity index (χ3v) is 5.32. The van der Waals surface area contributed by atoms with E-state index in [4.69, 9.17) is 5.73 Å². The summed E-state index contributed by atoms with van der Waals surface area (Å²) in [5.74, 6) is 0.190. The van der Waals surface area contributed by atoms with Crippen molar-refractivity contribution < 1.29 is 4.79 Å². The van der Waals surface area contributed by atoms with Crippen molar-refractivity contribution in [3.05, 3.63) is 42.4 Å². The van der Waals surface area contributed by atoms with Crippen molar-refractivity contribution in [2.45, 2.75) is 32.2 Å². The van der Waals surface area contributed by atoms with Gasteiger partial charge in [0.25, 0.3) is 0 Å². The molecule has 0 saturated heterocycles. The summed E-state index contributed by atoms with van der Waals surface area (Å²) in [6.45, 7) is 2.06. The Kier molecular flexibility index (Phi) is 3.75. The van der Waals surface area contributed by atoms with E-state index in [1.54, 1.807) is 10.9 Å². The third kappa shape index (κ3) is 2.84. The highest BCUT2D eigenvalue weighted by Crippen LogP contribution is 2.27. The van der Waals surface area contributed by atoms with Crippen LogP contribution in [0.2, 0.25) is 0 Å². The molecular formula is C19H20N8O. The first-order valence-electron chi connectivity index (χ1n) is 9.30. The Morgan fingerprint density at radius 1 is 1.32 bits per heavy atom. The van der Waals surface area contributed by atoms with Gasteiger partial charge in [0.2, 0.25) is 11.9 Å². The Morgan fingerprint density at radius 2 is 2.21 bits per heavy atom. The van der Waals surface area contributed by atoms with Crippen LogP contribution in [0.1, 0.15) is 24.8 Å². The van der Waals surface area contributed by atoms with E-state index in [9.17, 15) is 4.79 Å². The minimum Gasteiger partial charge on any atom is -0.369 e. The second kappa shape index (κ2) is 6.29. The Morgan fingerprint density at radius 3 is 3.04 bits per heavy atom. The average molecular weight is 376 g/mol. The quantitative estimate of drug-likeness (QED) is 0.561. The number of carbonyl (C=O) groups excluding carboxylic acids is 1. The van der Waals surface area contributed by atoms with Crippen molar-refractivity contribution in [1.29, 1.82) is 0 Å². The van der Waals surface area contributed by atoms with Gasteiger partial charge < -0.3 is 15.5 Å². The molecule has 1 fully saturated rings. The summed E-state index contributed by atoms with van der Waals surface area (Å²) in [6.07, 6.45) is 8.10. The molecule has 1 amide bonds. The maximum Gasteiger partial charge on any atom is 0.225 e. The van der Waals surface area contributed by atoms with E-state index >= 15 is 0 Å². The minimum absolute atomic E-state index is 0.0781. The van der Waals surface area contributed by atoms with E-state index in [2.05, 4.69) is 49.2 Å². The van der Waals surface area contributed by atoms with Gasteiger partial charge in [0.05, 0.1) is 11.9 Å². The molecule has 9 nitrogen and oxygen atoms in total. The summed E-state index contributed by atoms with van der Waals surface area (Å²) in [4.78, 5) is 20.3. The minimum atomic E-state index is -0.237. The Hall–Kier alpha value is -3.49. The van der Waals surface area contributed by atoms with Gasteiger partial charge in [-0.1, -0.05) is 5.21 Å². The zero-order valence-corrected chi connectivity index (χ0v) is 15.4. The highest BCUT2D eigenvalue weighted by atomic mass is 16.1. The number of hydrogen-bond donors (Lipinski definition) is 2. The first kappa shape index (κ1) is 16.7. The predicted molar refractivity (Wildman–Crippen MR) is 104 cm³/mol. The predicted octanol–water partition coefficient (Wildman–Crippen LogP) is 1.84. The second-order valence-electron chi connectivity index (χ2n) is 7.39. The van der Waals surface area contributed by atoms with Crippen molar-refractivity contribution in [3.63, 3.8) is 0 Å². The van der Waals surface area contributed by atoms with Crippen LogP contribution in [0.15, 0.2) is 36.8 Å². The van der Waals surface area contributed by atoms with Gasteiger partial charge in [0, 0.05) is 29.9 Å². The number of hydrogen-bond acceptors (Lipinski definition) is 6. The molecule has 3 N–H and O–H groups in total. The van der Waals surface area contributed by atoms with Crippen LogP contribution in [0.4, 0.5) is 5.95 Å². The number of nitrogens with one attached hydrogen (secondary N) is 1. The van der Waals surface area contributed by atoms with Gasteiger partial charge in [-0.3, -0.25) is 4.79 Å². The number of fused-ring (bicyclic) bond motifs is 2. The molecule has 0 unspecified atom stereocenters. The molecule has 4 aromatic heterocycles. The Labute approximate surface area is 160 Å². The summed E-state index contributed by atoms with van der Waals surface area (Å²) in [7, 11) is 0. The van der Waals surface area contributed by atoms with Gasteiger partial charge in [0.1, 0.15) is 0 Å². The van der Waals surface area contributed by atoms with E-state index in [0.717, 1.165) is 24.0 Å². The maximum atomic E-state index is 11.4. The molecule has 0 radical (unpaired) electrons. The number of nitrogens with two attached hydrogens (primary N) is 1. The monoisotopic (exact) mass is 376 g/mol. The normalized spacial score (nSPS) is 19.5. The van der Waals surface area contributed by atoms with Crippen molar-refractivity contribution in [2.24, 2.45) is 11.7 Å². The van der Waals surface area contributed by atoms with Crippen LogP contribution in [-0.2, 0) is 4.79 Å². The highest BCUT2D eigenvalue weighted by Gasteiger charge is 2.28. The number of anilines is 1. The van der Waals surface area contributed by atoms with Crippen LogP contribution in [0.3, 0.4) is 0 Å². The van der Waals surface area contributed by atoms with E-state index < -0.39 is 0 Å². The summed E-state index contributed by atoms with van der Waals surface area (Å²) < 4.78 is 3.78. The van der Waals surface area contributed by atoms with E-state index in [-0.39, 0.29) is 17.9 Å². The lowest BCUT2D eigenvalue weighted by Crippen LogP contribution is -2.23. The van der Waals surface area contributed by atoms with E-state index in [1.807, 2.05) is 18.3 Å². The fourth-order valence-electron chi connectivity index (χ4n) is 3.90. The number of rotatable bonds is 4. The molecule has 142 valence electrons. The third-order valence-electron chi connectivity index (χ3n) is 5.32. The molecule has 1 aliphatic carbocycles. The smallest absolute Gasteiger partial charge is 0.225 e. The molecule has 1 aliphatic rings. The SMILES string of the molecule is Cc1cc2cc(-n3nnc4cnc(N[C@@H]5CC[C@@H](C(N)=O)C5)nc43)ccn2c1. The molecule has 0 aliphatic heterocycles. The molecular weight excluding hydrogens is 356 g/mol. The van der Waals surface area contributed by atoms with Crippen molar-refractivity contribution in [2.75, 3.05) is 5.32 Å². The Balaban J connectivity index is 1.47. The number of aromatic nitrogens is 6. The van der Waals surface area contributed by atoms with Gasteiger partial charge in [-0.05, 0) is 49.9 Å². The van der Waals surface area contributed by atoms with Crippen LogP contribution in [0.25, 0.3) is 22.4 Å². The number of amides is 1. The lowest BCUT2D eigenvalue weighted by Gasteiger charge is -2.12. The highest BCUT2D eigenvalue weighted by molar-refractivity contribution is 5.77. The Bertz CT molecular complexity index is 1190. The summed E-state index contributed by atoms with van der Waals surface area (Å²) in [5, 5.41) is 11.8. The standard InChI is InChI=1S/C19H20N8O/c1-11-6-15-8-14(4-5-26(15)10-11)27-18-16(24-25-27)9-21-19(23-18)22-13-3-2-12(7-13)17(20)28/h4-6,8-10,12-13H,2-3,7H2,1H3,(H2,20,28)(H,21,22,23)/t12-,13-/m1/s1. The maximum absolute atomic E-state index is 11.4. The molecule has 4 heterocycles. The van der Waals surface area contributed by atoms with Crippen molar-refractivity contribution >= 4 is 28.5 Å². The first-order chi connectivity index (χ1) is 13.6. The molecule has 5 rings (SSSR count). The van der Waals surface area contributed by atoms with Crippen LogP contribution >= 0.6 is 0 Å². The molecule has 4 aromatic rings. The van der Waals surface area contributed by atoms with Crippen LogP contribution in [-0.4, -0.2) is 41.3 Å². The zero-order valence-electron chi connectivity index (χ0n) is 15.4. The summed E-state index contributed by atoms with van der Waals surface area (Å²) >= 11 is 0. The number of carbonyl (C=O) groups is 1. The first-order valence-corrected chi connectivity index (χ1v) is 9.30. The van der Waals surface area contributed by atoms with Crippen molar-refractivity contribution in [1.82, 2.24) is 29.4 Å². The summed E-state index contributed by atoms with van der Waals surface area (Å²) in [5.41, 5.74) is 9.83. The van der Waals surface area contributed by atoms with Gasteiger partial charge in [0.15, 0.2) is 11.2 Å². The molecule has 1 saturated carbocycles. The number of pyridine rings is 1. The molecule has 28 heavy (non-hydrogen) atoms. The van der Waals surface area contributed by atoms with Gasteiger partial charge in [-0.15, -0.1) is 5.10 Å². The number of nitrogens with zero attached hydrogens (tertiary/aromatic N) is 6. The van der Waals surface area contributed by atoms with Gasteiger partial charge >= 0.3 is 0 Å². The average Bonchev–Trinajstić information content (AvgIpc) is 3.38.